The molecular weight excluding hydrogens is 358 g/mol. The van der Waals surface area contributed by atoms with Crippen molar-refractivity contribution in [2.45, 2.75) is 20.0 Å². The van der Waals surface area contributed by atoms with Crippen LogP contribution in [0.3, 0.4) is 0 Å². The van der Waals surface area contributed by atoms with Gasteiger partial charge in [-0.2, -0.15) is 0 Å². The zero-order valence-corrected chi connectivity index (χ0v) is 15.7. The van der Waals surface area contributed by atoms with E-state index >= 15 is 0 Å². The number of benzene rings is 1. The van der Waals surface area contributed by atoms with Gasteiger partial charge < -0.3 is 10.5 Å². The van der Waals surface area contributed by atoms with Crippen molar-refractivity contribution in [3.8, 4) is 16.3 Å². The first kappa shape index (κ1) is 17.3. The first-order chi connectivity index (χ1) is 13.1. The molecule has 0 spiro atoms. The number of carbonyl (C=O) groups is 1. The Labute approximate surface area is 161 Å². The Bertz CT molecular complexity index is 1110. The maximum atomic E-state index is 11.5. The third-order valence-corrected chi connectivity index (χ3v) is 5.56. The van der Waals surface area contributed by atoms with Gasteiger partial charge in [-0.15, -0.1) is 11.3 Å². The number of hydrogen-bond acceptors (Lipinski definition) is 4. The van der Waals surface area contributed by atoms with Crippen molar-refractivity contribution >= 4 is 22.9 Å². The number of ether oxygens (including phenoxy) is 1. The van der Waals surface area contributed by atoms with Crippen molar-refractivity contribution in [3.05, 3.63) is 76.9 Å². The van der Waals surface area contributed by atoms with Crippen LogP contribution in [0.1, 0.15) is 16.0 Å². The lowest BCUT2D eigenvalue weighted by molar-refractivity contribution is -0.117. The van der Waals surface area contributed by atoms with Crippen molar-refractivity contribution < 1.29 is 9.53 Å². The van der Waals surface area contributed by atoms with Crippen LogP contribution in [0.15, 0.2) is 60.9 Å². The van der Waals surface area contributed by atoms with Crippen LogP contribution in [0.25, 0.3) is 16.2 Å². The van der Waals surface area contributed by atoms with E-state index in [1.807, 2.05) is 59.3 Å². The van der Waals surface area contributed by atoms with E-state index < -0.39 is 0 Å². The molecule has 4 aromatic rings. The molecular formula is C21H19N3O2S. The number of hydrogen-bond donors (Lipinski definition) is 1. The number of carbonyl (C=O) groups excluding carboxylic acids is 1. The molecule has 0 radical (unpaired) electrons. The first-order valence-electron chi connectivity index (χ1n) is 8.62. The van der Waals surface area contributed by atoms with Crippen LogP contribution in [-0.4, -0.2) is 15.3 Å². The van der Waals surface area contributed by atoms with Gasteiger partial charge in [0, 0.05) is 12.3 Å². The summed E-state index contributed by atoms with van der Waals surface area (Å²) in [7, 11) is 0. The molecule has 0 aliphatic carbocycles. The molecule has 2 N–H and O–H groups in total. The number of rotatable bonds is 6. The highest BCUT2D eigenvalue weighted by molar-refractivity contribution is 7.15. The van der Waals surface area contributed by atoms with Gasteiger partial charge in [-0.05, 0) is 30.2 Å². The molecule has 0 fully saturated rings. The molecule has 136 valence electrons. The number of primary amides is 1. The zero-order valence-electron chi connectivity index (χ0n) is 14.9. The summed E-state index contributed by atoms with van der Waals surface area (Å²) in [5.74, 6) is 0.324. The molecule has 0 bridgehead atoms. The van der Waals surface area contributed by atoms with E-state index in [9.17, 15) is 4.79 Å². The standard InChI is InChI=1S/C21H19N3O2S/c1-14-6-2-3-7-15(14)13-26-17-10-18(27-19(17)11-20(22)25)16-12-23-21-8-4-5-9-24(16)21/h2-10,12H,11,13H2,1H3,(H2,22,25). The lowest BCUT2D eigenvalue weighted by Crippen LogP contribution is -2.13. The van der Waals surface area contributed by atoms with Crippen LogP contribution in [-0.2, 0) is 17.8 Å². The van der Waals surface area contributed by atoms with Gasteiger partial charge in [0.25, 0.3) is 0 Å². The van der Waals surface area contributed by atoms with E-state index in [-0.39, 0.29) is 12.3 Å². The molecule has 4 rings (SSSR count). The first-order valence-corrected chi connectivity index (χ1v) is 9.44. The molecule has 3 heterocycles. The Morgan fingerprint density at radius 3 is 2.85 bits per heavy atom. The topological polar surface area (TPSA) is 69.6 Å². The molecule has 0 aliphatic rings. The Balaban J connectivity index is 1.68. The van der Waals surface area contributed by atoms with E-state index in [1.165, 1.54) is 16.9 Å². The minimum absolute atomic E-state index is 0.157. The number of imidazole rings is 1. The van der Waals surface area contributed by atoms with E-state index in [0.29, 0.717) is 12.4 Å². The third kappa shape index (κ3) is 3.57. The van der Waals surface area contributed by atoms with Gasteiger partial charge in [0.05, 0.1) is 28.1 Å². The maximum absolute atomic E-state index is 11.5. The Morgan fingerprint density at radius 2 is 2.04 bits per heavy atom. The van der Waals surface area contributed by atoms with Gasteiger partial charge in [0.1, 0.15) is 18.0 Å². The highest BCUT2D eigenvalue weighted by atomic mass is 32.1. The largest absolute Gasteiger partial charge is 0.488 e. The average molecular weight is 377 g/mol. The van der Waals surface area contributed by atoms with Crippen LogP contribution in [0.4, 0.5) is 0 Å². The van der Waals surface area contributed by atoms with Gasteiger partial charge in [-0.1, -0.05) is 30.3 Å². The van der Waals surface area contributed by atoms with E-state index in [0.717, 1.165) is 26.7 Å². The van der Waals surface area contributed by atoms with Crippen molar-refractivity contribution in [1.29, 1.82) is 0 Å². The minimum Gasteiger partial charge on any atom is -0.488 e. The molecule has 27 heavy (non-hydrogen) atoms. The summed E-state index contributed by atoms with van der Waals surface area (Å²) < 4.78 is 8.09. The Morgan fingerprint density at radius 1 is 1.22 bits per heavy atom. The smallest absolute Gasteiger partial charge is 0.222 e. The van der Waals surface area contributed by atoms with Crippen molar-refractivity contribution in [3.63, 3.8) is 0 Å². The van der Waals surface area contributed by atoms with Gasteiger partial charge in [-0.25, -0.2) is 4.98 Å². The Kier molecular flexibility index (Phi) is 4.64. The predicted molar refractivity (Wildman–Crippen MR) is 107 cm³/mol. The van der Waals surface area contributed by atoms with Crippen molar-refractivity contribution in [1.82, 2.24) is 9.38 Å². The predicted octanol–water partition coefficient (Wildman–Crippen LogP) is 3.98. The number of aromatic nitrogens is 2. The lowest BCUT2D eigenvalue weighted by Gasteiger charge is -2.08. The van der Waals surface area contributed by atoms with Crippen LogP contribution in [0.5, 0.6) is 5.75 Å². The van der Waals surface area contributed by atoms with Gasteiger partial charge in [0.15, 0.2) is 0 Å². The molecule has 0 atom stereocenters. The van der Waals surface area contributed by atoms with Crippen LogP contribution >= 0.6 is 11.3 Å². The summed E-state index contributed by atoms with van der Waals surface area (Å²) in [4.78, 5) is 17.8. The molecule has 5 nitrogen and oxygen atoms in total. The fourth-order valence-corrected chi connectivity index (χ4v) is 4.10. The molecule has 0 unspecified atom stereocenters. The SMILES string of the molecule is Cc1ccccc1COc1cc(-c2cnc3ccccn23)sc1CC(N)=O. The summed E-state index contributed by atoms with van der Waals surface area (Å²) in [5.41, 5.74) is 9.57. The number of aryl methyl sites for hydroxylation is 1. The zero-order chi connectivity index (χ0) is 18.8. The summed E-state index contributed by atoms with van der Waals surface area (Å²) in [5, 5.41) is 0. The number of fused-ring (bicyclic) bond motifs is 1. The van der Waals surface area contributed by atoms with Crippen molar-refractivity contribution in [2.75, 3.05) is 0 Å². The van der Waals surface area contributed by atoms with E-state index in [4.69, 9.17) is 10.5 Å². The van der Waals surface area contributed by atoms with Gasteiger partial charge in [0.2, 0.25) is 5.91 Å². The summed E-state index contributed by atoms with van der Waals surface area (Å²) in [6.45, 7) is 2.50. The molecule has 6 heteroatoms. The second kappa shape index (κ2) is 7.25. The normalized spacial score (nSPS) is 11.0. The summed E-state index contributed by atoms with van der Waals surface area (Å²) in [6.07, 6.45) is 3.96. The summed E-state index contributed by atoms with van der Waals surface area (Å²) in [6, 6.07) is 15.9. The molecule has 1 amide bonds. The van der Waals surface area contributed by atoms with Crippen LogP contribution in [0, 0.1) is 6.92 Å². The fourth-order valence-electron chi connectivity index (χ4n) is 2.98. The molecule has 3 aromatic heterocycles. The van der Waals surface area contributed by atoms with Crippen molar-refractivity contribution in [2.24, 2.45) is 5.73 Å². The van der Waals surface area contributed by atoms with E-state index in [1.54, 1.807) is 0 Å². The number of pyridine rings is 1. The van der Waals surface area contributed by atoms with Gasteiger partial charge in [-0.3, -0.25) is 9.20 Å². The number of nitrogens with zero attached hydrogens (tertiary/aromatic N) is 2. The highest BCUT2D eigenvalue weighted by Crippen LogP contribution is 2.37. The third-order valence-electron chi connectivity index (χ3n) is 4.42. The van der Waals surface area contributed by atoms with Crippen LogP contribution in [0.2, 0.25) is 0 Å². The van der Waals surface area contributed by atoms with Gasteiger partial charge >= 0.3 is 0 Å². The maximum Gasteiger partial charge on any atom is 0.222 e. The molecule has 0 saturated heterocycles. The lowest BCUT2D eigenvalue weighted by atomic mass is 10.1. The molecule has 1 aromatic carbocycles. The highest BCUT2D eigenvalue weighted by Gasteiger charge is 2.16. The second-order valence-electron chi connectivity index (χ2n) is 6.33. The minimum atomic E-state index is -0.373. The average Bonchev–Trinajstić information content (AvgIpc) is 3.24. The second-order valence-corrected chi connectivity index (χ2v) is 7.47. The van der Waals surface area contributed by atoms with Crippen LogP contribution < -0.4 is 10.5 Å². The molecule has 0 aliphatic heterocycles. The molecule has 0 saturated carbocycles. The Hall–Kier alpha value is -3.12. The summed E-state index contributed by atoms with van der Waals surface area (Å²) >= 11 is 1.51. The number of nitrogens with two attached hydrogens (primary N) is 1. The number of amides is 1. The quantitative estimate of drug-likeness (QED) is 0.553. The fraction of sp³-hybridized carbons (Fsp3) is 0.143. The van der Waals surface area contributed by atoms with E-state index in [2.05, 4.69) is 18.0 Å². The monoisotopic (exact) mass is 377 g/mol. The number of thiophene rings is 1.